The van der Waals surface area contributed by atoms with Crippen LogP contribution in [0.25, 0.3) is 0 Å². The zero-order valence-electron chi connectivity index (χ0n) is 9.07. The number of nitrogens with one attached hydrogen (secondary N) is 1. The molecule has 6 nitrogen and oxygen atoms in total. The van der Waals surface area contributed by atoms with Gasteiger partial charge in [-0.25, -0.2) is 0 Å². The summed E-state index contributed by atoms with van der Waals surface area (Å²) < 4.78 is 5.55. The standard InChI is InChI=1S/C9H16N2O4S/c1-3(12)7-6(14)5(13)4-8(15-7)16-9(10-2)11-4/h3-8,12-14H,1-2H3,(H,10,11). The van der Waals surface area contributed by atoms with Gasteiger partial charge in [-0.15, -0.1) is 0 Å². The molecule has 0 amide bonds. The third kappa shape index (κ3) is 1.93. The maximum absolute atomic E-state index is 9.91. The van der Waals surface area contributed by atoms with E-state index in [0.717, 1.165) is 0 Å². The Labute approximate surface area is 97.7 Å². The average Bonchev–Trinajstić information content (AvgIpc) is 2.66. The van der Waals surface area contributed by atoms with Crippen LogP contribution < -0.4 is 5.32 Å². The van der Waals surface area contributed by atoms with E-state index in [2.05, 4.69) is 10.3 Å². The molecule has 0 saturated carbocycles. The van der Waals surface area contributed by atoms with Crippen molar-refractivity contribution in [3.63, 3.8) is 0 Å². The lowest BCUT2D eigenvalue weighted by molar-refractivity contribution is -0.184. The van der Waals surface area contributed by atoms with E-state index in [-0.39, 0.29) is 11.5 Å². The normalized spacial score (nSPS) is 47.6. The Bertz CT molecular complexity index is 299. The van der Waals surface area contributed by atoms with Crippen LogP contribution in [0.5, 0.6) is 0 Å². The van der Waals surface area contributed by atoms with E-state index in [1.807, 2.05) is 0 Å². The van der Waals surface area contributed by atoms with Crippen LogP contribution in [0.1, 0.15) is 6.92 Å². The second-order valence-corrected chi connectivity index (χ2v) is 5.09. The summed E-state index contributed by atoms with van der Waals surface area (Å²) in [7, 11) is 1.64. The van der Waals surface area contributed by atoms with E-state index in [1.165, 1.54) is 18.7 Å². The number of thioether (sulfide) groups is 1. The van der Waals surface area contributed by atoms with Crippen LogP contribution in [0.15, 0.2) is 4.99 Å². The van der Waals surface area contributed by atoms with Crippen molar-refractivity contribution in [1.82, 2.24) is 5.32 Å². The third-order valence-electron chi connectivity index (χ3n) is 2.84. The highest BCUT2D eigenvalue weighted by Gasteiger charge is 2.49. The van der Waals surface area contributed by atoms with Crippen molar-refractivity contribution >= 4 is 16.9 Å². The molecule has 2 rings (SSSR count). The maximum Gasteiger partial charge on any atom is 0.159 e. The molecule has 92 valence electrons. The van der Waals surface area contributed by atoms with Crippen LogP contribution in [0.4, 0.5) is 0 Å². The molecule has 0 spiro atoms. The fourth-order valence-corrected chi connectivity index (χ4v) is 3.03. The molecule has 7 heteroatoms. The van der Waals surface area contributed by atoms with Crippen molar-refractivity contribution in [3.8, 4) is 0 Å². The number of aliphatic imine (C=N–C) groups is 1. The highest BCUT2D eigenvalue weighted by molar-refractivity contribution is 8.14. The molecule has 0 aromatic heterocycles. The minimum absolute atomic E-state index is 0.323. The number of fused-ring (bicyclic) bond motifs is 1. The smallest absolute Gasteiger partial charge is 0.159 e. The second-order valence-electron chi connectivity index (χ2n) is 4.01. The molecule has 2 aliphatic heterocycles. The van der Waals surface area contributed by atoms with Gasteiger partial charge in [-0.3, -0.25) is 4.99 Å². The molecule has 2 fully saturated rings. The van der Waals surface area contributed by atoms with Gasteiger partial charge in [-0.1, -0.05) is 11.8 Å². The molecular weight excluding hydrogens is 232 g/mol. The predicted octanol–water partition coefficient (Wildman–Crippen LogP) is -1.50. The van der Waals surface area contributed by atoms with Crippen molar-refractivity contribution in [1.29, 1.82) is 0 Å². The van der Waals surface area contributed by atoms with Gasteiger partial charge in [0, 0.05) is 7.05 Å². The number of rotatable bonds is 1. The summed E-state index contributed by atoms with van der Waals surface area (Å²) in [6.07, 6.45) is -3.65. The number of ether oxygens (including phenoxy) is 1. The molecule has 0 aromatic carbocycles. The average molecular weight is 248 g/mol. The fourth-order valence-electron chi connectivity index (χ4n) is 1.95. The molecule has 4 N–H and O–H groups in total. The van der Waals surface area contributed by atoms with E-state index < -0.39 is 24.4 Å². The van der Waals surface area contributed by atoms with E-state index in [0.29, 0.717) is 5.17 Å². The van der Waals surface area contributed by atoms with Gasteiger partial charge in [0.25, 0.3) is 0 Å². The minimum atomic E-state index is -1.09. The Morgan fingerprint density at radius 3 is 2.69 bits per heavy atom. The van der Waals surface area contributed by atoms with Crippen LogP contribution in [0.2, 0.25) is 0 Å². The first-order valence-corrected chi connectivity index (χ1v) is 6.02. The van der Waals surface area contributed by atoms with E-state index >= 15 is 0 Å². The summed E-state index contributed by atoms with van der Waals surface area (Å²) in [6, 6.07) is -0.381. The maximum atomic E-state index is 9.91. The van der Waals surface area contributed by atoms with E-state index in [1.54, 1.807) is 7.05 Å². The first kappa shape index (κ1) is 12.1. The lowest BCUT2D eigenvalue weighted by atomic mass is 9.95. The van der Waals surface area contributed by atoms with Crippen molar-refractivity contribution in [3.05, 3.63) is 0 Å². The minimum Gasteiger partial charge on any atom is -0.391 e. The van der Waals surface area contributed by atoms with Gasteiger partial charge in [0.05, 0.1) is 12.1 Å². The zero-order valence-corrected chi connectivity index (χ0v) is 9.89. The zero-order chi connectivity index (χ0) is 11.9. The summed E-state index contributed by atoms with van der Waals surface area (Å²) in [5.41, 5.74) is -0.323. The summed E-state index contributed by atoms with van der Waals surface area (Å²) >= 11 is 1.36. The largest absolute Gasteiger partial charge is 0.391 e. The molecule has 0 radical (unpaired) electrons. The number of amidine groups is 1. The summed E-state index contributed by atoms with van der Waals surface area (Å²) in [4.78, 5) is 3.97. The molecule has 0 bridgehead atoms. The van der Waals surface area contributed by atoms with Crippen molar-refractivity contribution < 1.29 is 20.1 Å². The van der Waals surface area contributed by atoms with Crippen LogP contribution >= 0.6 is 11.8 Å². The topological polar surface area (TPSA) is 94.3 Å². The molecule has 2 heterocycles. The first-order chi connectivity index (χ1) is 7.54. The lowest BCUT2D eigenvalue weighted by Gasteiger charge is -2.40. The van der Waals surface area contributed by atoms with Crippen molar-refractivity contribution in [2.75, 3.05) is 7.05 Å². The number of aliphatic hydroxyl groups is 3. The van der Waals surface area contributed by atoms with Gasteiger partial charge >= 0.3 is 0 Å². The summed E-state index contributed by atoms with van der Waals surface area (Å²) in [5, 5.41) is 32.8. The van der Waals surface area contributed by atoms with Gasteiger partial charge in [0.2, 0.25) is 0 Å². The van der Waals surface area contributed by atoms with Crippen molar-refractivity contribution in [2.24, 2.45) is 4.99 Å². The molecule has 6 atom stereocenters. The number of hydrogen-bond donors (Lipinski definition) is 4. The molecule has 2 aliphatic rings. The highest BCUT2D eigenvalue weighted by atomic mass is 32.2. The fraction of sp³-hybridized carbons (Fsp3) is 0.889. The van der Waals surface area contributed by atoms with E-state index in [4.69, 9.17) is 4.74 Å². The second kappa shape index (κ2) is 4.50. The van der Waals surface area contributed by atoms with Crippen LogP contribution in [0, 0.1) is 0 Å². The number of hydrogen-bond acceptors (Lipinski definition) is 6. The number of nitrogens with zero attached hydrogens (tertiary/aromatic N) is 1. The Morgan fingerprint density at radius 1 is 1.44 bits per heavy atom. The molecular formula is C9H16N2O4S. The van der Waals surface area contributed by atoms with Gasteiger partial charge in [0.15, 0.2) is 5.17 Å². The SMILES string of the molecule is CN=C1NC2C(OC(C(C)O)C(O)C2O)S1. The summed E-state index contributed by atoms with van der Waals surface area (Å²) in [6.45, 7) is 1.53. The molecule has 0 aromatic rings. The Hall–Kier alpha value is -0.340. The Morgan fingerprint density at radius 2 is 2.12 bits per heavy atom. The van der Waals surface area contributed by atoms with Crippen LogP contribution in [-0.2, 0) is 4.74 Å². The van der Waals surface area contributed by atoms with Crippen LogP contribution in [0.3, 0.4) is 0 Å². The molecule has 6 unspecified atom stereocenters. The Balaban J connectivity index is 2.15. The third-order valence-corrected chi connectivity index (χ3v) is 4.00. The summed E-state index contributed by atoms with van der Waals surface area (Å²) in [5.74, 6) is 0. The predicted molar refractivity (Wildman–Crippen MR) is 60.2 cm³/mol. The first-order valence-electron chi connectivity index (χ1n) is 5.14. The van der Waals surface area contributed by atoms with Gasteiger partial charge in [-0.2, -0.15) is 0 Å². The van der Waals surface area contributed by atoms with E-state index in [9.17, 15) is 15.3 Å². The molecule has 0 aliphatic carbocycles. The molecule has 16 heavy (non-hydrogen) atoms. The number of aliphatic hydroxyl groups excluding tert-OH is 3. The van der Waals surface area contributed by atoms with Crippen molar-refractivity contribution in [2.45, 2.75) is 42.8 Å². The quantitative estimate of drug-likeness (QED) is 0.451. The highest BCUT2D eigenvalue weighted by Crippen LogP contribution is 2.34. The Kier molecular flexibility index (Phi) is 3.41. The lowest BCUT2D eigenvalue weighted by Crippen LogP contribution is -2.61. The monoisotopic (exact) mass is 248 g/mol. The van der Waals surface area contributed by atoms with Gasteiger partial charge < -0.3 is 25.4 Å². The van der Waals surface area contributed by atoms with Gasteiger partial charge in [0.1, 0.15) is 23.7 Å². The molecule has 2 saturated heterocycles. The van der Waals surface area contributed by atoms with Crippen LogP contribution in [-0.4, -0.2) is 63.4 Å². The van der Waals surface area contributed by atoms with Gasteiger partial charge in [-0.05, 0) is 6.92 Å².